The van der Waals surface area contributed by atoms with Crippen LogP contribution in [0.15, 0.2) is 18.3 Å². The van der Waals surface area contributed by atoms with Crippen LogP contribution in [0.5, 0.6) is 0 Å². The van der Waals surface area contributed by atoms with Crippen molar-refractivity contribution >= 4 is 17.7 Å². The lowest BCUT2D eigenvalue weighted by Crippen LogP contribution is -2.47. The van der Waals surface area contributed by atoms with Gasteiger partial charge in [0.05, 0.1) is 11.0 Å². The molecule has 6 nitrogen and oxygen atoms in total. The number of carboxylic acids is 1. The molecule has 2 heterocycles. The summed E-state index contributed by atoms with van der Waals surface area (Å²) in [4.78, 5) is 28.7. The molecule has 0 aliphatic carbocycles. The Morgan fingerprint density at radius 3 is 2.89 bits per heavy atom. The molecule has 1 aliphatic heterocycles. The first-order valence-corrected chi connectivity index (χ1v) is 6.17. The molecule has 1 fully saturated rings. The minimum atomic E-state index is -0.825. The lowest BCUT2D eigenvalue weighted by Gasteiger charge is -2.38. The zero-order valence-corrected chi connectivity index (χ0v) is 10.8. The van der Waals surface area contributed by atoms with Crippen LogP contribution in [0.1, 0.15) is 30.1 Å². The van der Waals surface area contributed by atoms with Gasteiger partial charge in [-0.15, -0.1) is 0 Å². The first-order chi connectivity index (χ1) is 8.94. The van der Waals surface area contributed by atoms with Gasteiger partial charge in [-0.25, -0.2) is 4.98 Å². The van der Waals surface area contributed by atoms with Crippen molar-refractivity contribution in [1.82, 2.24) is 4.98 Å². The summed E-state index contributed by atoms with van der Waals surface area (Å²) in [5, 5.41) is 9.30. The number of aliphatic carboxylic acids is 1. The summed E-state index contributed by atoms with van der Waals surface area (Å²) < 4.78 is 0. The molecule has 1 aliphatic rings. The Hall–Kier alpha value is -2.11. The molecule has 0 saturated carbocycles. The van der Waals surface area contributed by atoms with E-state index in [9.17, 15) is 14.7 Å². The van der Waals surface area contributed by atoms with Gasteiger partial charge in [0.15, 0.2) is 0 Å². The summed E-state index contributed by atoms with van der Waals surface area (Å²) >= 11 is 0. The van der Waals surface area contributed by atoms with Crippen molar-refractivity contribution in [2.45, 2.75) is 19.8 Å². The highest BCUT2D eigenvalue weighted by molar-refractivity contribution is 5.97. The molecule has 1 amide bonds. The maximum Gasteiger partial charge on any atom is 0.311 e. The summed E-state index contributed by atoms with van der Waals surface area (Å²) in [6.45, 7) is 2.73. The van der Waals surface area contributed by atoms with E-state index in [1.54, 1.807) is 25.3 Å². The number of hydrogen-bond donors (Lipinski definition) is 2. The SMILES string of the molecule is CC1(C(=O)O)CCCN(c2ncccc2C(N)=O)C1. The van der Waals surface area contributed by atoms with E-state index in [-0.39, 0.29) is 0 Å². The Morgan fingerprint density at radius 2 is 2.26 bits per heavy atom. The molecule has 6 heteroatoms. The fourth-order valence-electron chi connectivity index (χ4n) is 2.44. The second-order valence-electron chi connectivity index (χ2n) is 5.13. The van der Waals surface area contributed by atoms with E-state index in [2.05, 4.69) is 4.98 Å². The highest BCUT2D eigenvalue weighted by atomic mass is 16.4. The van der Waals surface area contributed by atoms with E-state index in [1.807, 2.05) is 4.90 Å². The van der Waals surface area contributed by atoms with E-state index in [0.717, 1.165) is 6.42 Å². The number of piperidine rings is 1. The third-order valence-electron chi connectivity index (χ3n) is 3.56. The monoisotopic (exact) mass is 263 g/mol. The molecular formula is C13H17N3O3. The molecule has 1 aromatic heterocycles. The van der Waals surface area contributed by atoms with Gasteiger partial charge in [0.25, 0.3) is 5.91 Å². The third-order valence-corrected chi connectivity index (χ3v) is 3.56. The molecule has 1 aromatic rings. The molecule has 1 atom stereocenters. The van der Waals surface area contributed by atoms with Crippen molar-refractivity contribution < 1.29 is 14.7 Å². The average Bonchev–Trinajstić information content (AvgIpc) is 2.38. The molecule has 0 radical (unpaired) electrons. The Kier molecular flexibility index (Phi) is 3.42. The van der Waals surface area contributed by atoms with Gasteiger partial charge in [-0.2, -0.15) is 0 Å². The lowest BCUT2D eigenvalue weighted by atomic mass is 9.82. The topological polar surface area (TPSA) is 96.5 Å². The number of amides is 1. The number of primary amides is 1. The zero-order chi connectivity index (χ0) is 14.0. The van der Waals surface area contributed by atoms with Gasteiger partial charge in [-0.1, -0.05) is 0 Å². The van der Waals surface area contributed by atoms with Crippen LogP contribution in [0.25, 0.3) is 0 Å². The van der Waals surface area contributed by atoms with Crippen molar-refractivity contribution in [3.8, 4) is 0 Å². The number of hydrogen-bond acceptors (Lipinski definition) is 4. The first kappa shape index (κ1) is 13.3. The Bertz CT molecular complexity index is 518. The first-order valence-electron chi connectivity index (χ1n) is 6.17. The Balaban J connectivity index is 2.32. The van der Waals surface area contributed by atoms with E-state index >= 15 is 0 Å². The second kappa shape index (κ2) is 4.87. The third kappa shape index (κ3) is 2.52. The van der Waals surface area contributed by atoms with Gasteiger partial charge in [-0.3, -0.25) is 9.59 Å². The van der Waals surface area contributed by atoms with E-state index in [0.29, 0.717) is 30.9 Å². The van der Waals surface area contributed by atoms with Crippen molar-refractivity contribution in [1.29, 1.82) is 0 Å². The summed E-state index contributed by atoms with van der Waals surface area (Å²) in [6.07, 6.45) is 2.95. The highest BCUT2D eigenvalue weighted by Gasteiger charge is 2.38. The Labute approximate surface area is 111 Å². The van der Waals surface area contributed by atoms with Crippen molar-refractivity contribution in [2.24, 2.45) is 11.1 Å². The predicted molar refractivity (Wildman–Crippen MR) is 69.9 cm³/mol. The number of rotatable bonds is 3. The minimum Gasteiger partial charge on any atom is -0.481 e. The number of aromatic nitrogens is 1. The molecule has 0 bridgehead atoms. The van der Waals surface area contributed by atoms with Crippen LogP contribution in [-0.2, 0) is 4.79 Å². The van der Waals surface area contributed by atoms with Crippen LogP contribution in [0, 0.1) is 5.41 Å². The summed E-state index contributed by atoms with van der Waals surface area (Å²) in [5.74, 6) is -0.901. The van der Waals surface area contributed by atoms with Crippen LogP contribution in [-0.4, -0.2) is 35.1 Å². The molecule has 19 heavy (non-hydrogen) atoms. The van der Waals surface area contributed by atoms with Crippen LogP contribution in [0.4, 0.5) is 5.82 Å². The molecule has 2 rings (SSSR count). The molecule has 0 spiro atoms. The molecule has 102 valence electrons. The number of nitrogens with zero attached hydrogens (tertiary/aromatic N) is 2. The smallest absolute Gasteiger partial charge is 0.311 e. The van der Waals surface area contributed by atoms with Crippen LogP contribution >= 0.6 is 0 Å². The standard InChI is InChI=1S/C13H17N3O3/c1-13(12(18)19)5-3-7-16(8-13)11-9(10(14)17)4-2-6-15-11/h2,4,6H,3,5,7-8H2,1H3,(H2,14,17)(H,18,19). The largest absolute Gasteiger partial charge is 0.481 e. The van der Waals surface area contributed by atoms with Crippen molar-refractivity contribution in [3.05, 3.63) is 23.9 Å². The summed E-state index contributed by atoms with van der Waals surface area (Å²) in [6, 6.07) is 3.25. The highest BCUT2D eigenvalue weighted by Crippen LogP contribution is 2.32. The number of carboxylic acid groups (broad SMARTS) is 1. The summed E-state index contributed by atoms with van der Waals surface area (Å²) in [7, 11) is 0. The van der Waals surface area contributed by atoms with Crippen molar-refractivity contribution in [3.63, 3.8) is 0 Å². The van der Waals surface area contributed by atoms with Gasteiger partial charge >= 0.3 is 5.97 Å². The maximum absolute atomic E-state index is 11.4. The number of nitrogens with two attached hydrogens (primary N) is 1. The number of carbonyl (C=O) groups excluding carboxylic acids is 1. The molecule has 3 N–H and O–H groups in total. The summed E-state index contributed by atoms with van der Waals surface area (Å²) in [5.41, 5.74) is 4.84. The molecule has 1 saturated heterocycles. The van der Waals surface area contributed by atoms with Gasteiger partial charge in [0, 0.05) is 19.3 Å². The Morgan fingerprint density at radius 1 is 1.53 bits per heavy atom. The second-order valence-corrected chi connectivity index (χ2v) is 5.13. The van der Waals surface area contributed by atoms with Gasteiger partial charge in [0.2, 0.25) is 0 Å². The minimum absolute atomic E-state index is 0.331. The van der Waals surface area contributed by atoms with Crippen LogP contribution in [0.2, 0.25) is 0 Å². The quantitative estimate of drug-likeness (QED) is 0.843. The predicted octanol–water partition coefficient (Wildman–Crippen LogP) is 0.872. The van der Waals surface area contributed by atoms with Gasteiger partial charge in [-0.05, 0) is 31.9 Å². The van der Waals surface area contributed by atoms with Gasteiger partial charge in [0.1, 0.15) is 5.82 Å². The van der Waals surface area contributed by atoms with E-state index < -0.39 is 17.3 Å². The molecule has 1 unspecified atom stereocenters. The van der Waals surface area contributed by atoms with Crippen LogP contribution in [0.3, 0.4) is 0 Å². The van der Waals surface area contributed by atoms with Crippen LogP contribution < -0.4 is 10.6 Å². The number of anilines is 1. The average molecular weight is 263 g/mol. The molecular weight excluding hydrogens is 246 g/mol. The lowest BCUT2D eigenvalue weighted by molar-refractivity contribution is -0.148. The van der Waals surface area contributed by atoms with Crippen molar-refractivity contribution in [2.75, 3.05) is 18.0 Å². The van der Waals surface area contributed by atoms with Gasteiger partial charge < -0.3 is 15.7 Å². The number of pyridine rings is 1. The normalized spacial score (nSPS) is 23.1. The fraction of sp³-hybridized carbons (Fsp3) is 0.462. The zero-order valence-electron chi connectivity index (χ0n) is 10.8. The van der Waals surface area contributed by atoms with E-state index in [4.69, 9.17) is 5.73 Å². The fourth-order valence-corrected chi connectivity index (χ4v) is 2.44. The maximum atomic E-state index is 11.4. The molecule has 0 aromatic carbocycles. The number of carbonyl (C=O) groups is 2. The van der Waals surface area contributed by atoms with E-state index in [1.165, 1.54) is 0 Å².